The summed E-state index contributed by atoms with van der Waals surface area (Å²) in [6.45, 7) is 0.497. The van der Waals surface area contributed by atoms with Crippen molar-refractivity contribution in [3.05, 3.63) is 47.0 Å². The molecule has 0 atom stereocenters. The van der Waals surface area contributed by atoms with E-state index in [0.29, 0.717) is 18.3 Å². The van der Waals surface area contributed by atoms with Gasteiger partial charge in [0, 0.05) is 6.20 Å². The van der Waals surface area contributed by atoms with Gasteiger partial charge in [-0.25, -0.2) is 4.39 Å². The summed E-state index contributed by atoms with van der Waals surface area (Å²) in [4.78, 5) is 0. The molecule has 0 unspecified atom stereocenters. The van der Waals surface area contributed by atoms with Crippen LogP contribution in [0.25, 0.3) is 0 Å². The zero-order valence-corrected chi connectivity index (χ0v) is 11.9. The summed E-state index contributed by atoms with van der Waals surface area (Å²) < 4.78 is 15.8. The predicted octanol–water partition coefficient (Wildman–Crippen LogP) is 4.40. The molecule has 106 valence electrons. The van der Waals surface area contributed by atoms with Crippen LogP contribution in [0.1, 0.15) is 37.4 Å². The van der Waals surface area contributed by atoms with Crippen LogP contribution in [-0.4, -0.2) is 9.78 Å². The highest BCUT2D eigenvalue weighted by Gasteiger charge is 2.17. The summed E-state index contributed by atoms with van der Waals surface area (Å²) in [6, 6.07) is 7.46. The largest absolute Gasteiger partial charge is 0.377 e. The highest BCUT2D eigenvalue weighted by molar-refractivity contribution is 6.31. The summed E-state index contributed by atoms with van der Waals surface area (Å²) in [6.07, 6.45) is 6.99. The quantitative estimate of drug-likeness (QED) is 0.905. The second-order valence-electron chi connectivity index (χ2n) is 5.18. The molecule has 5 heteroatoms. The van der Waals surface area contributed by atoms with E-state index in [0.717, 1.165) is 5.69 Å². The highest BCUT2D eigenvalue weighted by Crippen LogP contribution is 2.29. The molecule has 1 fully saturated rings. The Labute approximate surface area is 122 Å². The van der Waals surface area contributed by atoms with Crippen molar-refractivity contribution >= 4 is 17.3 Å². The first-order valence-electron chi connectivity index (χ1n) is 6.96. The maximum atomic E-state index is 13.7. The Morgan fingerprint density at radius 1 is 1.30 bits per heavy atom. The van der Waals surface area contributed by atoms with Gasteiger partial charge in [0.1, 0.15) is 0 Å². The first kappa shape index (κ1) is 13.4. The number of anilines is 1. The molecule has 0 aliphatic heterocycles. The average Bonchev–Trinajstić information content (AvgIpc) is 3.10. The second-order valence-corrected chi connectivity index (χ2v) is 5.59. The Hall–Kier alpha value is -1.55. The van der Waals surface area contributed by atoms with E-state index in [4.69, 9.17) is 11.6 Å². The van der Waals surface area contributed by atoms with E-state index in [1.54, 1.807) is 12.1 Å². The first-order chi connectivity index (χ1) is 9.74. The van der Waals surface area contributed by atoms with Crippen LogP contribution in [0.2, 0.25) is 5.02 Å². The number of rotatable bonds is 4. The molecule has 0 spiro atoms. The molecule has 3 rings (SSSR count). The van der Waals surface area contributed by atoms with Gasteiger partial charge >= 0.3 is 0 Å². The lowest BCUT2D eigenvalue weighted by molar-refractivity contribution is 0.463. The fourth-order valence-corrected chi connectivity index (χ4v) is 2.84. The summed E-state index contributed by atoms with van der Waals surface area (Å²) in [5.41, 5.74) is 1.32. The number of aromatic nitrogens is 2. The van der Waals surface area contributed by atoms with Crippen molar-refractivity contribution in [2.75, 3.05) is 5.32 Å². The fourth-order valence-electron chi connectivity index (χ4n) is 2.67. The third kappa shape index (κ3) is 2.80. The average molecular weight is 294 g/mol. The van der Waals surface area contributed by atoms with Crippen molar-refractivity contribution in [1.29, 1.82) is 0 Å². The van der Waals surface area contributed by atoms with Gasteiger partial charge in [-0.15, -0.1) is 0 Å². The van der Waals surface area contributed by atoms with Gasteiger partial charge < -0.3 is 5.32 Å². The van der Waals surface area contributed by atoms with Gasteiger partial charge in [0.25, 0.3) is 0 Å². The molecule has 0 amide bonds. The molecule has 1 aromatic heterocycles. The Balaban J connectivity index is 1.65. The SMILES string of the molecule is Fc1c(Cl)cccc1NCc1ccn(C2CCCC2)n1. The Morgan fingerprint density at radius 2 is 2.10 bits per heavy atom. The van der Waals surface area contributed by atoms with E-state index in [9.17, 15) is 4.39 Å². The van der Waals surface area contributed by atoms with E-state index in [1.165, 1.54) is 31.7 Å². The number of nitrogens with zero attached hydrogens (tertiary/aromatic N) is 2. The molecule has 1 heterocycles. The molecule has 1 N–H and O–H groups in total. The number of hydrogen-bond donors (Lipinski definition) is 1. The van der Waals surface area contributed by atoms with Gasteiger partial charge in [0.15, 0.2) is 5.82 Å². The number of nitrogens with one attached hydrogen (secondary N) is 1. The minimum Gasteiger partial charge on any atom is -0.377 e. The van der Waals surface area contributed by atoms with Gasteiger partial charge in [-0.3, -0.25) is 4.68 Å². The third-order valence-electron chi connectivity index (χ3n) is 3.77. The van der Waals surface area contributed by atoms with Gasteiger partial charge in [-0.1, -0.05) is 30.5 Å². The molecule has 0 radical (unpaired) electrons. The minimum atomic E-state index is -0.413. The fraction of sp³-hybridized carbons (Fsp3) is 0.400. The van der Waals surface area contributed by atoms with E-state index in [2.05, 4.69) is 10.4 Å². The second kappa shape index (κ2) is 5.83. The van der Waals surface area contributed by atoms with Crippen LogP contribution in [-0.2, 0) is 6.54 Å². The number of hydrogen-bond acceptors (Lipinski definition) is 2. The van der Waals surface area contributed by atoms with Crippen LogP contribution in [0.5, 0.6) is 0 Å². The Kier molecular flexibility index (Phi) is 3.92. The zero-order chi connectivity index (χ0) is 13.9. The van der Waals surface area contributed by atoms with Crippen LogP contribution < -0.4 is 5.32 Å². The molecule has 1 aliphatic carbocycles. The van der Waals surface area contributed by atoms with E-state index < -0.39 is 5.82 Å². The van der Waals surface area contributed by atoms with Crippen LogP contribution in [0.3, 0.4) is 0 Å². The lowest BCUT2D eigenvalue weighted by Crippen LogP contribution is -2.07. The van der Waals surface area contributed by atoms with Gasteiger partial charge in [-0.2, -0.15) is 5.10 Å². The summed E-state index contributed by atoms with van der Waals surface area (Å²) in [5, 5.41) is 7.73. The first-order valence-corrected chi connectivity index (χ1v) is 7.34. The normalized spacial score (nSPS) is 15.7. The van der Waals surface area contributed by atoms with Crippen molar-refractivity contribution in [1.82, 2.24) is 9.78 Å². The van der Waals surface area contributed by atoms with Gasteiger partial charge in [0.2, 0.25) is 0 Å². The number of benzene rings is 1. The lowest BCUT2D eigenvalue weighted by atomic mass is 10.3. The standard InChI is InChI=1S/C15H17ClFN3/c16-13-6-3-7-14(15(13)17)18-10-11-8-9-20(19-11)12-4-1-2-5-12/h3,6-9,12,18H,1-2,4-5,10H2. The highest BCUT2D eigenvalue weighted by atomic mass is 35.5. The van der Waals surface area contributed by atoms with Crippen LogP contribution in [0.4, 0.5) is 10.1 Å². The van der Waals surface area contributed by atoms with Crippen LogP contribution in [0.15, 0.2) is 30.5 Å². The molecule has 1 aromatic carbocycles. The maximum Gasteiger partial charge on any atom is 0.164 e. The molecule has 2 aromatic rings. The predicted molar refractivity (Wildman–Crippen MR) is 78.5 cm³/mol. The Morgan fingerprint density at radius 3 is 2.90 bits per heavy atom. The molecule has 3 nitrogen and oxygen atoms in total. The molecule has 0 saturated heterocycles. The molecular weight excluding hydrogens is 277 g/mol. The van der Waals surface area contributed by atoms with E-state index in [-0.39, 0.29) is 5.02 Å². The maximum absolute atomic E-state index is 13.7. The third-order valence-corrected chi connectivity index (χ3v) is 4.07. The van der Waals surface area contributed by atoms with Crippen molar-refractivity contribution < 1.29 is 4.39 Å². The minimum absolute atomic E-state index is 0.131. The lowest BCUT2D eigenvalue weighted by Gasteiger charge is -2.09. The van der Waals surface area contributed by atoms with Gasteiger partial charge in [-0.05, 0) is 31.0 Å². The Bertz CT molecular complexity index is 591. The smallest absolute Gasteiger partial charge is 0.164 e. The summed E-state index contributed by atoms with van der Waals surface area (Å²) >= 11 is 5.75. The number of halogens is 2. The monoisotopic (exact) mass is 293 g/mol. The van der Waals surface area contributed by atoms with Crippen molar-refractivity contribution in [3.63, 3.8) is 0 Å². The van der Waals surface area contributed by atoms with Crippen molar-refractivity contribution in [2.45, 2.75) is 38.3 Å². The van der Waals surface area contributed by atoms with Crippen LogP contribution in [0, 0.1) is 5.82 Å². The van der Waals surface area contributed by atoms with E-state index >= 15 is 0 Å². The summed E-state index contributed by atoms with van der Waals surface area (Å²) in [5.74, 6) is -0.413. The molecule has 0 bridgehead atoms. The molecular formula is C15H17ClFN3. The van der Waals surface area contributed by atoms with Crippen molar-refractivity contribution in [2.24, 2.45) is 0 Å². The summed E-state index contributed by atoms with van der Waals surface area (Å²) in [7, 11) is 0. The topological polar surface area (TPSA) is 29.9 Å². The van der Waals surface area contributed by atoms with Crippen molar-refractivity contribution in [3.8, 4) is 0 Å². The van der Waals surface area contributed by atoms with Gasteiger partial charge in [0.05, 0.1) is 29.0 Å². The molecule has 1 saturated carbocycles. The van der Waals surface area contributed by atoms with Crippen LogP contribution >= 0.6 is 11.6 Å². The molecule has 20 heavy (non-hydrogen) atoms. The van der Waals surface area contributed by atoms with E-state index in [1.807, 2.05) is 16.9 Å². The zero-order valence-electron chi connectivity index (χ0n) is 11.1. The molecule has 1 aliphatic rings.